The molecule has 98 valence electrons. The quantitative estimate of drug-likeness (QED) is 0.517. The largest absolute Gasteiger partial charge is 0.500 e. The molecule has 1 aromatic rings. The van der Waals surface area contributed by atoms with E-state index < -0.39 is 8.80 Å². The number of rotatable bonds is 8. The molecule has 0 radical (unpaired) electrons. The number of aromatic nitrogens is 2. The van der Waals surface area contributed by atoms with Gasteiger partial charge < -0.3 is 13.3 Å². The summed E-state index contributed by atoms with van der Waals surface area (Å²) in [5.41, 5.74) is 0. The Morgan fingerprint density at radius 3 is 2.29 bits per heavy atom. The predicted octanol–water partition coefficient (Wildman–Crippen LogP) is 1.06. The summed E-state index contributed by atoms with van der Waals surface area (Å²) in [5.74, 6) is 0. The molecule has 6 heteroatoms. The lowest BCUT2D eigenvalue weighted by molar-refractivity contribution is -0.696. The third kappa shape index (κ3) is 3.92. The maximum atomic E-state index is 5.38. The fourth-order valence-corrected chi connectivity index (χ4v) is 3.50. The van der Waals surface area contributed by atoms with E-state index in [9.17, 15) is 0 Å². The predicted molar refractivity (Wildman–Crippen MR) is 66.5 cm³/mol. The lowest BCUT2D eigenvalue weighted by Crippen LogP contribution is -2.43. The smallest absolute Gasteiger partial charge is 0.377 e. The van der Waals surface area contributed by atoms with Gasteiger partial charge in [0.15, 0.2) is 0 Å². The molecule has 0 atom stereocenters. The molecular weight excluding hydrogens is 236 g/mol. The van der Waals surface area contributed by atoms with Gasteiger partial charge in [0, 0.05) is 27.4 Å². The summed E-state index contributed by atoms with van der Waals surface area (Å²) in [6.07, 6.45) is 7.25. The van der Waals surface area contributed by atoms with Crippen molar-refractivity contribution < 1.29 is 17.8 Å². The van der Waals surface area contributed by atoms with Gasteiger partial charge in [-0.15, -0.1) is 0 Å². The molecule has 17 heavy (non-hydrogen) atoms. The minimum Gasteiger partial charge on any atom is -0.377 e. The summed E-state index contributed by atoms with van der Waals surface area (Å²) in [6.45, 7) is 4.08. The van der Waals surface area contributed by atoms with E-state index in [-0.39, 0.29) is 0 Å². The summed E-state index contributed by atoms with van der Waals surface area (Å²) in [6, 6.07) is 0.834. The maximum Gasteiger partial charge on any atom is 0.500 e. The Morgan fingerprint density at radius 2 is 1.82 bits per heavy atom. The zero-order valence-electron chi connectivity index (χ0n) is 11.2. The van der Waals surface area contributed by atoms with Gasteiger partial charge in [0.2, 0.25) is 6.33 Å². The first-order valence-electron chi connectivity index (χ1n) is 5.90. The Kier molecular flexibility index (Phi) is 5.83. The van der Waals surface area contributed by atoms with Crippen LogP contribution >= 0.6 is 0 Å². The third-order valence-corrected chi connectivity index (χ3v) is 5.78. The van der Waals surface area contributed by atoms with Crippen molar-refractivity contribution >= 4 is 8.80 Å². The lowest BCUT2D eigenvalue weighted by Gasteiger charge is -2.23. The highest BCUT2D eigenvalue weighted by atomic mass is 28.4. The highest BCUT2D eigenvalue weighted by Gasteiger charge is 2.37. The van der Waals surface area contributed by atoms with Crippen LogP contribution in [-0.2, 0) is 26.4 Å². The van der Waals surface area contributed by atoms with Crippen LogP contribution in [0.4, 0.5) is 0 Å². The average Bonchev–Trinajstić information content (AvgIpc) is 2.83. The Morgan fingerprint density at radius 1 is 1.18 bits per heavy atom. The Balaban J connectivity index is 2.40. The van der Waals surface area contributed by atoms with Gasteiger partial charge in [0.25, 0.3) is 0 Å². The van der Waals surface area contributed by atoms with Crippen LogP contribution < -0.4 is 4.57 Å². The first kappa shape index (κ1) is 14.4. The topological polar surface area (TPSA) is 36.5 Å². The highest BCUT2D eigenvalue weighted by molar-refractivity contribution is 6.60. The van der Waals surface area contributed by atoms with Crippen LogP contribution in [0.1, 0.15) is 13.3 Å². The summed E-state index contributed by atoms with van der Waals surface area (Å²) in [5, 5.41) is 0. The molecule has 0 bridgehead atoms. The number of aryl methyl sites for hydroxylation is 2. The number of hydrogen-bond acceptors (Lipinski definition) is 3. The second-order valence-electron chi connectivity index (χ2n) is 3.88. The molecule has 0 amide bonds. The monoisotopic (exact) mass is 259 g/mol. The fourth-order valence-electron chi connectivity index (χ4n) is 1.79. The van der Waals surface area contributed by atoms with Crippen molar-refractivity contribution in [3.8, 4) is 0 Å². The van der Waals surface area contributed by atoms with Crippen molar-refractivity contribution in [1.82, 2.24) is 4.57 Å². The van der Waals surface area contributed by atoms with Gasteiger partial charge in [-0.05, 0) is 13.3 Å². The van der Waals surface area contributed by atoms with Crippen LogP contribution in [0.25, 0.3) is 0 Å². The van der Waals surface area contributed by atoms with Crippen molar-refractivity contribution in [2.75, 3.05) is 21.3 Å². The summed E-state index contributed by atoms with van der Waals surface area (Å²) >= 11 is 0. The van der Waals surface area contributed by atoms with Crippen molar-refractivity contribution in [3.05, 3.63) is 18.7 Å². The zero-order valence-corrected chi connectivity index (χ0v) is 12.2. The summed E-state index contributed by atoms with van der Waals surface area (Å²) in [7, 11) is 2.57. The van der Waals surface area contributed by atoms with Gasteiger partial charge in [-0.3, -0.25) is 0 Å². The number of hydrogen-bond donors (Lipinski definition) is 0. The molecule has 5 nitrogen and oxygen atoms in total. The van der Waals surface area contributed by atoms with E-state index in [0.717, 1.165) is 25.6 Å². The van der Waals surface area contributed by atoms with Gasteiger partial charge in [-0.2, -0.15) is 0 Å². The molecule has 0 aliphatic carbocycles. The first-order valence-corrected chi connectivity index (χ1v) is 7.83. The molecule has 0 N–H and O–H groups in total. The molecule has 0 aliphatic heterocycles. The molecule has 1 aromatic heterocycles. The number of imidazole rings is 1. The van der Waals surface area contributed by atoms with Crippen LogP contribution in [0.5, 0.6) is 0 Å². The molecule has 0 unspecified atom stereocenters. The van der Waals surface area contributed by atoms with Crippen LogP contribution in [0.2, 0.25) is 6.04 Å². The molecule has 1 heterocycles. The Hall–Kier alpha value is -0.693. The summed E-state index contributed by atoms with van der Waals surface area (Å²) < 4.78 is 20.5. The van der Waals surface area contributed by atoms with E-state index in [0.29, 0.717) is 0 Å². The average molecular weight is 259 g/mol. The van der Waals surface area contributed by atoms with Crippen LogP contribution in [0.3, 0.4) is 0 Å². The molecule has 1 rings (SSSR count). The van der Waals surface area contributed by atoms with Gasteiger partial charge >= 0.3 is 8.80 Å². The van der Waals surface area contributed by atoms with Crippen LogP contribution in [-0.4, -0.2) is 34.7 Å². The van der Waals surface area contributed by atoms with Crippen molar-refractivity contribution in [2.24, 2.45) is 0 Å². The Labute approximate surface area is 104 Å². The first-order chi connectivity index (χ1) is 8.19. The van der Waals surface area contributed by atoms with Gasteiger partial charge in [-0.25, -0.2) is 9.13 Å². The molecule has 0 saturated carbocycles. The normalized spacial score (nSPS) is 12.0. The minimum atomic E-state index is -2.39. The molecule has 0 aromatic carbocycles. The highest BCUT2D eigenvalue weighted by Crippen LogP contribution is 2.14. The van der Waals surface area contributed by atoms with Crippen LogP contribution in [0, 0.1) is 0 Å². The molecule has 0 saturated heterocycles. The number of nitrogens with zero attached hydrogens (tertiary/aromatic N) is 2. The van der Waals surface area contributed by atoms with E-state index in [4.69, 9.17) is 13.3 Å². The minimum absolute atomic E-state index is 0.834. The van der Waals surface area contributed by atoms with E-state index >= 15 is 0 Å². The van der Waals surface area contributed by atoms with Gasteiger partial charge in [0.05, 0.1) is 13.1 Å². The van der Waals surface area contributed by atoms with Gasteiger partial charge in [-0.1, -0.05) is 0 Å². The van der Waals surface area contributed by atoms with E-state index in [1.54, 1.807) is 21.3 Å². The van der Waals surface area contributed by atoms with Crippen molar-refractivity contribution in [3.63, 3.8) is 0 Å². The lowest BCUT2D eigenvalue weighted by atomic mass is 10.5. The van der Waals surface area contributed by atoms with E-state index in [1.165, 1.54) is 0 Å². The third-order valence-electron chi connectivity index (χ3n) is 2.94. The molecule has 0 fully saturated rings. The van der Waals surface area contributed by atoms with Crippen molar-refractivity contribution in [1.29, 1.82) is 0 Å². The Bertz CT molecular complexity index is 318. The second kappa shape index (κ2) is 6.90. The molecular formula is C11H23N2O3Si+. The van der Waals surface area contributed by atoms with Gasteiger partial charge in [0.1, 0.15) is 12.4 Å². The summed E-state index contributed by atoms with van der Waals surface area (Å²) in [4.78, 5) is 0. The molecule has 0 aliphatic rings. The second-order valence-corrected chi connectivity index (χ2v) is 6.97. The fraction of sp³-hybridized carbons (Fsp3) is 0.727. The van der Waals surface area contributed by atoms with E-state index in [2.05, 4.69) is 34.8 Å². The molecule has 0 spiro atoms. The SMILES string of the molecule is CCn1cc[n+](CCC[Si](OC)(OC)OC)c1. The maximum absolute atomic E-state index is 5.38. The standard InChI is InChI=1S/C11H23N2O3Si/c1-5-12-8-9-13(11-12)7-6-10-17(14-2,15-3)16-4/h8-9,11H,5-7,10H2,1-4H3/q+1. The van der Waals surface area contributed by atoms with Crippen molar-refractivity contribution in [2.45, 2.75) is 32.5 Å². The van der Waals surface area contributed by atoms with E-state index in [1.807, 2.05) is 0 Å². The zero-order chi connectivity index (χ0) is 12.7. The van der Waals surface area contributed by atoms with Crippen LogP contribution in [0.15, 0.2) is 18.7 Å².